The number of benzene rings is 3. The maximum absolute atomic E-state index is 12.8. The standard InChI is InChI=1S/C36H47N5O5S/c1-24(2)21-31(40-35(44)33(42)29(37)23-26-7-5-4-6-8-26)34(43)39-16-18-46-20-19-45-17-15-38-28-12-10-27(11-13-28)36-41-30-14-9-25(3)22-32(30)47-36/h4-14,22,24,29,31,33,38,42H,15-21,23,37H2,1-3H3,(H,39,43)(H,40,44)/t29-,31+,33+/m1/s1. The van der Waals surface area contributed by atoms with Crippen LogP contribution in [0.5, 0.6) is 0 Å². The van der Waals surface area contributed by atoms with Crippen LogP contribution in [0.4, 0.5) is 5.69 Å². The largest absolute Gasteiger partial charge is 0.383 e. The van der Waals surface area contributed by atoms with Gasteiger partial charge in [0.05, 0.1) is 36.6 Å². The highest BCUT2D eigenvalue weighted by Crippen LogP contribution is 2.31. The van der Waals surface area contributed by atoms with Crippen LogP contribution >= 0.6 is 11.3 Å². The first-order chi connectivity index (χ1) is 22.7. The number of nitrogens with one attached hydrogen (secondary N) is 3. The fourth-order valence-electron chi connectivity index (χ4n) is 5.00. The minimum Gasteiger partial charge on any atom is -0.383 e. The Morgan fingerprint density at radius 1 is 0.915 bits per heavy atom. The van der Waals surface area contributed by atoms with Crippen molar-refractivity contribution in [2.45, 2.75) is 51.8 Å². The number of hydrogen-bond acceptors (Lipinski definition) is 9. The molecule has 6 N–H and O–H groups in total. The summed E-state index contributed by atoms with van der Waals surface area (Å²) in [5.41, 5.74) is 11.4. The average molecular weight is 662 g/mol. The molecular weight excluding hydrogens is 614 g/mol. The Bertz CT molecular complexity index is 1550. The predicted molar refractivity (Wildman–Crippen MR) is 188 cm³/mol. The first-order valence-electron chi connectivity index (χ1n) is 16.1. The zero-order valence-corrected chi connectivity index (χ0v) is 28.2. The fraction of sp³-hybridized carbons (Fsp3) is 0.417. The van der Waals surface area contributed by atoms with Crippen molar-refractivity contribution in [1.29, 1.82) is 0 Å². The summed E-state index contributed by atoms with van der Waals surface area (Å²) < 4.78 is 12.4. The quantitative estimate of drug-likeness (QED) is 0.0936. The van der Waals surface area contributed by atoms with E-state index in [4.69, 9.17) is 20.2 Å². The zero-order chi connectivity index (χ0) is 33.6. The van der Waals surface area contributed by atoms with Gasteiger partial charge in [0.2, 0.25) is 5.91 Å². The van der Waals surface area contributed by atoms with E-state index < -0.39 is 24.1 Å². The number of amides is 2. The third-order valence-corrected chi connectivity index (χ3v) is 8.56. The number of rotatable bonds is 19. The van der Waals surface area contributed by atoms with E-state index in [9.17, 15) is 14.7 Å². The molecule has 0 unspecified atom stereocenters. The molecule has 0 fully saturated rings. The summed E-state index contributed by atoms with van der Waals surface area (Å²) in [7, 11) is 0. The number of hydrogen-bond donors (Lipinski definition) is 5. The SMILES string of the molecule is Cc1ccc2nc(-c3ccc(NCCOCCOCCNC(=O)[C@H](CC(C)C)NC(=O)[C@@H](O)[C@H](N)Cc4ccccc4)cc3)sc2c1. The van der Waals surface area contributed by atoms with E-state index in [1.54, 1.807) is 11.3 Å². The van der Waals surface area contributed by atoms with Crippen LogP contribution in [0.2, 0.25) is 0 Å². The third kappa shape index (κ3) is 11.7. The smallest absolute Gasteiger partial charge is 0.251 e. The summed E-state index contributed by atoms with van der Waals surface area (Å²) in [5, 5.41) is 20.3. The van der Waals surface area contributed by atoms with Crippen LogP contribution < -0.4 is 21.7 Å². The molecule has 11 heteroatoms. The number of ether oxygens (including phenoxy) is 2. The van der Waals surface area contributed by atoms with Gasteiger partial charge in [-0.2, -0.15) is 0 Å². The molecule has 0 spiro atoms. The molecule has 0 radical (unpaired) electrons. The van der Waals surface area contributed by atoms with Crippen molar-refractivity contribution in [2.75, 3.05) is 44.8 Å². The number of aliphatic hydroxyl groups is 1. The summed E-state index contributed by atoms with van der Waals surface area (Å²) in [5.74, 6) is -0.837. The van der Waals surface area contributed by atoms with Gasteiger partial charge >= 0.3 is 0 Å². The van der Waals surface area contributed by atoms with E-state index >= 15 is 0 Å². The summed E-state index contributed by atoms with van der Waals surface area (Å²) in [6.07, 6.45) is -0.668. The van der Waals surface area contributed by atoms with Crippen LogP contribution in [-0.4, -0.2) is 79.6 Å². The van der Waals surface area contributed by atoms with Crippen molar-refractivity contribution < 1.29 is 24.2 Å². The average Bonchev–Trinajstić information content (AvgIpc) is 3.48. The maximum Gasteiger partial charge on any atom is 0.251 e. The monoisotopic (exact) mass is 661 g/mol. The topological polar surface area (TPSA) is 148 Å². The number of thiazole rings is 1. The van der Waals surface area contributed by atoms with Gasteiger partial charge in [-0.3, -0.25) is 9.59 Å². The molecule has 1 heterocycles. The normalized spacial score (nSPS) is 13.3. The Balaban J connectivity index is 1.07. The lowest BCUT2D eigenvalue weighted by Crippen LogP contribution is -2.54. The van der Waals surface area contributed by atoms with Crippen molar-refractivity contribution in [2.24, 2.45) is 11.7 Å². The number of nitrogens with zero attached hydrogens (tertiary/aromatic N) is 1. The highest BCUT2D eigenvalue weighted by Gasteiger charge is 2.28. The molecule has 0 aliphatic carbocycles. The second-order valence-electron chi connectivity index (χ2n) is 12.0. The summed E-state index contributed by atoms with van der Waals surface area (Å²) in [6.45, 7) is 8.61. The molecule has 0 bridgehead atoms. The molecular formula is C36H47N5O5S. The second kappa shape index (κ2) is 18.5. The van der Waals surface area contributed by atoms with E-state index in [-0.39, 0.29) is 18.4 Å². The van der Waals surface area contributed by atoms with Gasteiger partial charge in [-0.15, -0.1) is 11.3 Å². The number of aliphatic hydroxyl groups excluding tert-OH is 1. The number of fused-ring (bicyclic) bond motifs is 1. The lowest BCUT2D eigenvalue weighted by molar-refractivity contribution is -0.135. The first-order valence-corrected chi connectivity index (χ1v) is 16.9. The molecule has 3 atom stereocenters. The maximum atomic E-state index is 12.8. The van der Waals surface area contributed by atoms with Crippen LogP contribution in [0.3, 0.4) is 0 Å². The molecule has 47 heavy (non-hydrogen) atoms. The van der Waals surface area contributed by atoms with Gasteiger partial charge in [-0.05, 0) is 73.2 Å². The van der Waals surface area contributed by atoms with Crippen LogP contribution in [0, 0.1) is 12.8 Å². The molecule has 3 aromatic carbocycles. The van der Waals surface area contributed by atoms with E-state index in [1.807, 2.05) is 56.3 Å². The molecule has 4 aromatic rings. The van der Waals surface area contributed by atoms with Crippen LogP contribution in [0.15, 0.2) is 72.8 Å². The minimum atomic E-state index is -1.43. The Morgan fingerprint density at radius 3 is 2.32 bits per heavy atom. The molecule has 0 saturated heterocycles. The summed E-state index contributed by atoms with van der Waals surface area (Å²) in [4.78, 5) is 30.3. The lowest BCUT2D eigenvalue weighted by atomic mass is 10.00. The third-order valence-electron chi connectivity index (χ3n) is 7.50. The van der Waals surface area contributed by atoms with Crippen LogP contribution in [0.1, 0.15) is 31.4 Å². The van der Waals surface area contributed by atoms with Crippen molar-refractivity contribution in [3.63, 3.8) is 0 Å². The zero-order valence-electron chi connectivity index (χ0n) is 27.4. The lowest BCUT2D eigenvalue weighted by Gasteiger charge is -2.24. The van der Waals surface area contributed by atoms with Gasteiger partial charge in [0.15, 0.2) is 0 Å². The Morgan fingerprint density at radius 2 is 1.62 bits per heavy atom. The molecule has 0 saturated carbocycles. The number of nitrogens with two attached hydrogens (primary N) is 1. The Kier molecular flexibility index (Phi) is 14.1. The number of carbonyl (C=O) groups excluding carboxylic acids is 2. The Labute approximate surface area is 281 Å². The van der Waals surface area contributed by atoms with Crippen molar-refractivity contribution in [3.8, 4) is 10.6 Å². The fourth-order valence-corrected chi connectivity index (χ4v) is 6.07. The number of aryl methyl sites for hydroxylation is 1. The van der Waals surface area contributed by atoms with Crippen molar-refractivity contribution in [3.05, 3.63) is 83.9 Å². The highest BCUT2D eigenvalue weighted by molar-refractivity contribution is 7.21. The highest BCUT2D eigenvalue weighted by atomic mass is 32.1. The van der Waals surface area contributed by atoms with Gasteiger partial charge in [-0.25, -0.2) is 4.98 Å². The van der Waals surface area contributed by atoms with Gasteiger partial charge in [0, 0.05) is 30.4 Å². The van der Waals surface area contributed by atoms with E-state index in [0.29, 0.717) is 45.8 Å². The molecule has 0 aliphatic rings. The molecule has 2 amide bonds. The Hall–Kier alpha value is -3.87. The molecule has 252 valence electrons. The van der Waals surface area contributed by atoms with Crippen molar-refractivity contribution in [1.82, 2.24) is 15.6 Å². The van der Waals surface area contributed by atoms with Gasteiger partial charge < -0.3 is 36.3 Å². The first kappa shape index (κ1) is 36.0. The van der Waals surface area contributed by atoms with Crippen LogP contribution in [0.25, 0.3) is 20.8 Å². The minimum absolute atomic E-state index is 0.150. The number of anilines is 1. The van der Waals surface area contributed by atoms with Gasteiger partial charge in [0.25, 0.3) is 5.91 Å². The number of aromatic nitrogens is 1. The molecule has 0 aliphatic heterocycles. The van der Waals surface area contributed by atoms with Crippen molar-refractivity contribution >= 4 is 39.1 Å². The van der Waals surface area contributed by atoms with Gasteiger partial charge in [-0.1, -0.05) is 50.2 Å². The van der Waals surface area contributed by atoms with Crippen LogP contribution in [-0.2, 0) is 25.5 Å². The summed E-state index contributed by atoms with van der Waals surface area (Å²) in [6, 6.07) is 22.4. The second-order valence-corrected chi connectivity index (χ2v) is 13.0. The molecule has 4 rings (SSSR count). The summed E-state index contributed by atoms with van der Waals surface area (Å²) >= 11 is 1.70. The molecule has 10 nitrogen and oxygen atoms in total. The van der Waals surface area contributed by atoms with Gasteiger partial charge in [0.1, 0.15) is 17.2 Å². The van der Waals surface area contributed by atoms with E-state index in [0.717, 1.165) is 27.3 Å². The van der Waals surface area contributed by atoms with E-state index in [1.165, 1.54) is 10.3 Å². The molecule has 1 aromatic heterocycles. The predicted octanol–water partition coefficient (Wildman–Crippen LogP) is 4.29. The van der Waals surface area contributed by atoms with E-state index in [2.05, 4.69) is 53.2 Å². The number of carbonyl (C=O) groups is 2.